The van der Waals surface area contributed by atoms with Gasteiger partial charge >= 0.3 is 5.97 Å². The van der Waals surface area contributed by atoms with Crippen LogP contribution in [0.5, 0.6) is 0 Å². The number of hydrogen-bond acceptors (Lipinski definition) is 3. The van der Waals surface area contributed by atoms with Crippen molar-refractivity contribution in [3.8, 4) is 0 Å². The average Bonchev–Trinajstić information content (AvgIpc) is 2.49. The molecule has 0 aliphatic rings. The van der Waals surface area contributed by atoms with E-state index in [-0.39, 0.29) is 17.8 Å². The molecule has 2 rings (SSSR count). The maximum Gasteiger partial charge on any atom is 0.335 e. The van der Waals surface area contributed by atoms with E-state index >= 15 is 0 Å². The monoisotopic (exact) mass is 306 g/mol. The first-order chi connectivity index (χ1) is 10.5. The molecule has 0 unspecified atom stereocenters. The van der Waals surface area contributed by atoms with Crippen molar-refractivity contribution in [3.05, 3.63) is 59.7 Å². The fraction of sp³-hybridized carbons (Fsp3) is 0.0667. The van der Waals surface area contributed by atoms with Gasteiger partial charge in [-0.1, -0.05) is 0 Å². The van der Waals surface area contributed by atoms with E-state index in [1.165, 1.54) is 30.3 Å². The van der Waals surface area contributed by atoms with Gasteiger partial charge in [-0.05, 0) is 36.4 Å². The molecule has 0 radical (unpaired) electrons. The summed E-state index contributed by atoms with van der Waals surface area (Å²) in [6.07, 6.45) is 0. The van der Waals surface area contributed by atoms with Gasteiger partial charge in [0.2, 0.25) is 5.91 Å². The molecule has 5 nitrogen and oxygen atoms in total. The summed E-state index contributed by atoms with van der Waals surface area (Å²) >= 11 is 0. The van der Waals surface area contributed by atoms with Crippen molar-refractivity contribution in [3.63, 3.8) is 0 Å². The van der Waals surface area contributed by atoms with Crippen molar-refractivity contribution in [2.24, 2.45) is 0 Å². The van der Waals surface area contributed by atoms with Crippen LogP contribution in [0.2, 0.25) is 0 Å². The Morgan fingerprint density at radius 2 is 1.59 bits per heavy atom. The first-order valence-corrected chi connectivity index (χ1v) is 6.28. The van der Waals surface area contributed by atoms with Crippen LogP contribution >= 0.6 is 0 Å². The number of aromatic carboxylic acids is 1. The average molecular weight is 306 g/mol. The molecule has 3 N–H and O–H groups in total. The molecule has 0 atom stereocenters. The quantitative estimate of drug-likeness (QED) is 0.793. The second kappa shape index (κ2) is 6.66. The SMILES string of the molecule is O=C(CNc1ccc(F)c(F)c1)Nc1ccc(C(=O)O)cc1. The molecule has 0 fully saturated rings. The van der Waals surface area contributed by atoms with Crippen LogP contribution < -0.4 is 10.6 Å². The van der Waals surface area contributed by atoms with Crippen LogP contribution in [0.1, 0.15) is 10.4 Å². The molecule has 1 amide bonds. The number of anilines is 2. The summed E-state index contributed by atoms with van der Waals surface area (Å²) in [5.74, 6) is -3.44. The molecular weight excluding hydrogens is 294 g/mol. The van der Waals surface area contributed by atoms with Crippen LogP contribution in [0, 0.1) is 11.6 Å². The van der Waals surface area contributed by atoms with Crippen LogP contribution in [-0.2, 0) is 4.79 Å². The van der Waals surface area contributed by atoms with E-state index in [0.717, 1.165) is 12.1 Å². The van der Waals surface area contributed by atoms with Gasteiger partial charge in [0.15, 0.2) is 11.6 Å². The molecule has 7 heteroatoms. The number of hydrogen-bond donors (Lipinski definition) is 3. The second-order valence-electron chi connectivity index (χ2n) is 4.41. The summed E-state index contributed by atoms with van der Waals surface area (Å²) in [6.45, 7) is -0.147. The van der Waals surface area contributed by atoms with Crippen molar-refractivity contribution in [1.29, 1.82) is 0 Å². The molecule has 0 aliphatic carbocycles. The summed E-state index contributed by atoms with van der Waals surface area (Å²) < 4.78 is 25.7. The van der Waals surface area contributed by atoms with Crippen LogP contribution in [0.3, 0.4) is 0 Å². The molecule has 2 aromatic carbocycles. The lowest BCUT2D eigenvalue weighted by Gasteiger charge is -2.08. The van der Waals surface area contributed by atoms with Crippen LogP contribution in [0.15, 0.2) is 42.5 Å². The molecule has 0 heterocycles. The Hall–Kier alpha value is -2.96. The van der Waals surface area contributed by atoms with Crippen LogP contribution in [0.4, 0.5) is 20.2 Å². The van der Waals surface area contributed by atoms with E-state index in [4.69, 9.17) is 5.11 Å². The van der Waals surface area contributed by atoms with Gasteiger partial charge in [-0.3, -0.25) is 4.79 Å². The summed E-state index contributed by atoms with van der Waals surface area (Å²) in [4.78, 5) is 22.4. The maximum atomic E-state index is 13.0. The molecule has 0 spiro atoms. The zero-order valence-electron chi connectivity index (χ0n) is 11.3. The number of amides is 1. The summed E-state index contributed by atoms with van der Waals surface area (Å²) in [6, 6.07) is 8.86. The standard InChI is InChI=1S/C15H12F2N2O3/c16-12-6-5-11(7-13(12)17)18-8-14(20)19-10-3-1-9(2-4-10)15(21)22/h1-7,18H,8H2,(H,19,20)(H,21,22). The summed E-state index contributed by atoms with van der Waals surface area (Å²) in [7, 11) is 0. The number of rotatable bonds is 5. The van der Waals surface area contributed by atoms with Crippen molar-refractivity contribution in [2.75, 3.05) is 17.2 Å². The van der Waals surface area contributed by atoms with Crippen molar-refractivity contribution >= 4 is 23.3 Å². The number of carbonyl (C=O) groups is 2. The van der Waals surface area contributed by atoms with Crippen LogP contribution in [-0.4, -0.2) is 23.5 Å². The van der Waals surface area contributed by atoms with Crippen molar-refractivity contribution in [2.45, 2.75) is 0 Å². The van der Waals surface area contributed by atoms with Gasteiger partial charge in [-0.15, -0.1) is 0 Å². The lowest BCUT2D eigenvalue weighted by atomic mass is 10.2. The molecular formula is C15H12F2N2O3. The Labute approximate surface area is 124 Å². The zero-order chi connectivity index (χ0) is 16.1. The largest absolute Gasteiger partial charge is 0.478 e. The van der Waals surface area contributed by atoms with E-state index in [1.807, 2.05) is 0 Å². The van der Waals surface area contributed by atoms with Gasteiger partial charge in [0.1, 0.15) is 0 Å². The third kappa shape index (κ3) is 4.02. The fourth-order valence-corrected chi connectivity index (χ4v) is 1.69. The Morgan fingerprint density at radius 3 is 2.18 bits per heavy atom. The predicted octanol–water partition coefficient (Wildman–Crippen LogP) is 2.71. The first-order valence-electron chi connectivity index (χ1n) is 6.28. The molecule has 22 heavy (non-hydrogen) atoms. The highest BCUT2D eigenvalue weighted by Crippen LogP contribution is 2.13. The van der Waals surface area contributed by atoms with E-state index in [9.17, 15) is 18.4 Å². The maximum absolute atomic E-state index is 13.0. The third-order valence-corrected chi connectivity index (χ3v) is 2.79. The predicted molar refractivity (Wildman–Crippen MR) is 76.9 cm³/mol. The first kappa shape index (κ1) is 15.4. The Balaban J connectivity index is 1.89. The minimum absolute atomic E-state index is 0.109. The summed E-state index contributed by atoms with van der Waals surface area (Å²) in [5.41, 5.74) is 0.815. The second-order valence-corrected chi connectivity index (χ2v) is 4.41. The van der Waals surface area contributed by atoms with E-state index < -0.39 is 23.5 Å². The number of carboxylic acids is 1. The van der Waals surface area contributed by atoms with Gasteiger partial charge in [0, 0.05) is 17.4 Å². The fourth-order valence-electron chi connectivity index (χ4n) is 1.69. The lowest BCUT2D eigenvalue weighted by molar-refractivity contribution is -0.114. The molecule has 0 saturated heterocycles. The number of halogens is 2. The van der Waals surface area contributed by atoms with Gasteiger partial charge in [0.25, 0.3) is 0 Å². The van der Waals surface area contributed by atoms with Gasteiger partial charge in [-0.25, -0.2) is 13.6 Å². The van der Waals surface area contributed by atoms with E-state index in [0.29, 0.717) is 5.69 Å². The highest BCUT2D eigenvalue weighted by Gasteiger charge is 2.06. The number of nitrogens with one attached hydrogen (secondary N) is 2. The zero-order valence-corrected chi connectivity index (χ0v) is 11.3. The van der Waals surface area contributed by atoms with E-state index in [1.54, 1.807) is 0 Å². The minimum atomic E-state index is -1.06. The van der Waals surface area contributed by atoms with Crippen molar-refractivity contribution in [1.82, 2.24) is 0 Å². The lowest BCUT2D eigenvalue weighted by Crippen LogP contribution is -2.21. The molecule has 2 aromatic rings. The number of carboxylic acid groups (broad SMARTS) is 1. The normalized spacial score (nSPS) is 10.1. The smallest absolute Gasteiger partial charge is 0.335 e. The number of benzene rings is 2. The topological polar surface area (TPSA) is 78.4 Å². The highest BCUT2D eigenvalue weighted by molar-refractivity contribution is 5.94. The molecule has 0 saturated carbocycles. The van der Waals surface area contributed by atoms with Crippen molar-refractivity contribution < 1.29 is 23.5 Å². The molecule has 0 aliphatic heterocycles. The summed E-state index contributed by atoms with van der Waals surface area (Å²) in [5, 5.41) is 13.9. The molecule has 114 valence electrons. The Kier molecular flexibility index (Phi) is 4.67. The third-order valence-electron chi connectivity index (χ3n) is 2.79. The van der Waals surface area contributed by atoms with E-state index in [2.05, 4.69) is 10.6 Å². The molecule has 0 aromatic heterocycles. The minimum Gasteiger partial charge on any atom is -0.478 e. The van der Waals surface area contributed by atoms with Gasteiger partial charge in [-0.2, -0.15) is 0 Å². The Morgan fingerprint density at radius 1 is 0.955 bits per heavy atom. The highest BCUT2D eigenvalue weighted by atomic mass is 19.2. The Bertz CT molecular complexity index is 702. The number of carbonyl (C=O) groups excluding carboxylic acids is 1. The van der Waals surface area contributed by atoms with Gasteiger partial charge < -0.3 is 15.7 Å². The van der Waals surface area contributed by atoms with Gasteiger partial charge in [0.05, 0.1) is 12.1 Å². The van der Waals surface area contributed by atoms with Crippen LogP contribution in [0.25, 0.3) is 0 Å². The molecule has 0 bridgehead atoms.